The van der Waals surface area contributed by atoms with Crippen LogP contribution in [0.25, 0.3) is 0 Å². The summed E-state index contributed by atoms with van der Waals surface area (Å²) in [4.78, 5) is 8.49. The van der Waals surface area contributed by atoms with E-state index >= 15 is 0 Å². The fraction of sp³-hybridized carbons (Fsp3) is 0.444. The van der Waals surface area contributed by atoms with Crippen molar-refractivity contribution in [3.05, 3.63) is 52.0 Å². The fourth-order valence-corrected chi connectivity index (χ4v) is 5.36. The molecule has 0 aromatic carbocycles. The van der Waals surface area contributed by atoms with Crippen LogP contribution in [-0.4, -0.2) is 21.0 Å². The maximum absolute atomic E-state index is 5.74. The Labute approximate surface area is 146 Å². The van der Waals surface area contributed by atoms with Crippen LogP contribution in [0.4, 0.5) is 0 Å². The van der Waals surface area contributed by atoms with Crippen molar-refractivity contribution in [2.45, 2.75) is 50.7 Å². The van der Waals surface area contributed by atoms with E-state index in [0.29, 0.717) is 6.04 Å². The molecular weight excluding hydrogens is 322 g/mol. The lowest BCUT2D eigenvalue weighted by molar-refractivity contribution is 0.248. The Bertz CT molecular complexity index is 691. The summed E-state index contributed by atoms with van der Waals surface area (Å²) in [7, 11) is 0. The van der Waals surface area contributed by atoms with Gasteiger partial charge in [-0.05, 0) is 61.1 Å². The summed E-state index contributed by atoms with van der Waals surface area (Å²) in [5.41, 5.74) is 2.43. The second kappa shape index (κ2) is 6.21. The molecule has 120 valence electrons. The van der Waals surface area contributed by atoms with E-state index in [2.05, 4.69) is 45.7 Å². The van der Waals surface area contributed by atoms with Gasteiger partial charge in [0, 0.05) is 17.1 Å². The molecule has 1 aliphatic carbocycles. The van der Waals surface area contributed by atoms with Gasteiger partial charge in [-0.15, -0.1) is 11.3 Å². The van der Waals surface area contributed by atoms with Gasteiger partial charge < -0.3 is 10.2 Å². The average molecular weight is 344 g/mol. The lowest BCUT2D eigenvalue weighted by Gasteiger charge is -2.32. The van der Waals surface area contributed by atoms with E-state index in [9.17, 15) is 0 Å². The third-order valence-electron chi connectivity index (χ3n) is 5.02. The topological polar surface area (TPSA) is 28.2 Å². The largest absolute Gasteiger partial charge is 0.352 e. The molecule has 0 unspecified atom stereocenters. The molecule has 1 N–H and O–H groups in total. The van der Waals surface area contributed by atoms with Gasteiger partial charge in [0.2, 0.25) is 0 Å². The van der Waals surface area contributed by atoms with Crippen LogP contribution in [0.3, 0.4) is 0 Å². The minimum absolute atomic E-state index is 0.140. The minimum Gasteiger partial charge on any atom is -0.352 e. The molecular formula is C18H21N3S2. The fourth-order valence-electron chi connectivity index (χ4n) is 3.91. The Morgan fingerprint density at radius 3 is 2.74 bits per heavy atom. The third kappa shape index (κ3) is 2.66. The van der Waals surface area contributed by atoms with Crippen molar-refractivity contribution in [2.24, 2.45) is 0 Å². The minimum atomic E-state index is 0.140. The number of nitrogens with one attached hydrogen (secondary N) is 1. The van der Waals surface area contributed by atoms with E-state index in [0.717, 1.165) is 10.8 Å². The van der Waals surface area contributed by atoms with Gasteiger partial charge in [0.05, 0.1) is 17.8 Å². The van der Waals surface area contributed by atoms with E-state index in [1.807, 2.05) is 23.6 Å². The molecule has 23 heavy (non-hydrogen) atoms. The molecule has 1 aliphatic heterocycles. The predicted octanol–water partition coefficient (Wildman–Crippen LogP) is 4.37. The lowest BCUT2D eigenvalue weighted by atomic mass is 9.99. The Balaban J connectivity index is 1.77. The van der Waals surface area contributed by atoms with Crippen LogP contribution < -0.4 is 5.32 Å². The highest BCUT2D eigenvalue weighted by atomic mass is 32.1. The van der Waals surface area contributed by atoms with Crippen molar-refractivity contribution in [1.29, 1.82) is 0 Å². The van der Waals surface area contributed by atoms with Crippen LogP contribution in [-0.2, 0) is 0 Å². The summed E-state index contributed by atoms with van der Waals surface area (Å²) in [6, 6.07) is 9.32. The summed E-state index contributed by atoms with van der Waals surface area (Å²) in [6.07, 6.45) is 6.99. The molecule has 1 saturated carbocycles. The van der Waals surface area contributed by atoms with Gasteiger partial charge in [-0.25, -0.2) is 0 Å². The van der Waals surface area contributed by atoms with Gasteiger partial charge >= 0.3 is 0 Å². The molecule has 2 aliphatic rings. The van der Waals surface area contributed by atoms with Crippen LogP contribution in [0.2, 0.25) is 0 Å². The number of thiophene rings is 1. The number of hydrogen-bond donors (Lipinski definition) is 1. The molecule has 0 spiro atoms. The molecule has 2 aromatic heterocycles. The van der Waals surface area contributed by atoms with E-state index in [-0.39, 0.29) is 12.1 Å². The molecule has 3 heterocycles. The molecule has 0 bridgehead atoms. The first-order chi connectivity index (χ1) is 11.3. The van der Waals surface area contributed by atoms with Crippen LogP contribution >= 0.6 is 23.6 Å². The first-order valence-electron chi connectivity index (χ1n) is 8.29. The van der Waals surface area contributed by atoms with Crippen molar-refractivity contribution in [2.75, 3.05) is 0 Å². The zero-order valence-electron chi connectivity index (χ0n) is 13.2. The van der Waals surface area contributed by atoms with Crippen molar-refractivity contribution in [1.82, 2.24) is 15.2 Å². The second-order valence-electron chi connectivity index (χ2n) is 6.44. The maximum atomic E-state index is 5.74. The second-order valence-corrected chi connectivity index (χ2v) is 7.77. The van der Waals surface area contributed by atoms with Crippen molar-refractivity contribution < 1.29 is 0 Å². The zero-order valence-corrected chi connectivity index (χ0v) is 14.9. The number of rotatable bonds is 3. The van der Waals surface area contributed by atoms with Crippen LogP contribution in [0, 0.1) is 6.92 Å². The van der Waals surface area contributed by atoms with E-state index < -0.39 is 0 Å². The van der Waals surface area contributed by atoms with Crippen molar-refractivity contribution in [3.63, 3.8) is 0 Å². The number of aryl methyl sites for hydroxylation is 1. The first-order valence-corrected chi connectivity index (χ1v) is 9.58. The molecule has 4 rings (SSSR count). The molecule has 2 fully saturated rings. The van der Waals surface area contributed by atoms with E-state index in [1.165, 1.54) is 36.1 Å². The Morgan fingerprint density at radius 2 is 2.09 bits per heavy atom. The highest BCUT2D eigenvalue weighted by Crippen LogP contribution is 2.45. The SMILES string of the molecule is Cc1ccsc1[C@H]1[C@@H](c2ccccn2)NC(=S)N1C1CCCC1. The van der Waals surface area contributed by atoms with Crippen LogP contribution in [0.1, 0.15) is 53.9 Å². The van der Waals surface area contributed by atoms with Gasteiger partial charge in [-0.1, -0.05) is 18.9 Å². The van der Waals surface area contributed by atoms with Gasteiger partial charge in [0.25, 0.3) is 0 Å². The number of pyridine rings is 1. The summed E-state index contributed by atoms with van der Waals surface area (Å²) >= 11 is 7.58. The van der Waals surface area contributed by atoms with Gasteiger partial charge in [-0.3, -0.25) is 4.98 Å². The summed E-state index contributed by atoms with van der Waals surface area (Å²) in [6.45, 7) is 2.20. The molecule has 3 nitrogen and oxygen atoms in total. The summed E-state index contributed by atoms with van der Waals surface area (Å²) < 4.78 is 0. The van der Waals surface area contributed by atoms with Crippen LogP contribution in [0.5, 0.6) is 0 Å². The number of aromatic nitrogens is 1. The monoisotopic (exact) mass is 343 g/mol. The summed E-state index contributed by atoms with van der Waals surface area (Å²) in [5.74, 6) is 0. The normalized spacial score (nSPS) is 25.1. The maximum Gasteiger partial charge on any atom is 0.170 e. The van der Waals surface area contributed by atoms with E-state index in [1.54, 1.807) is 0 Å². The van der Waals surface area contributed by atoms with Crippen molar-refractivity contribution >= 4 is 28.7 Å². The highest BCUT2D eigenvalue weighted by molar-refractivity contribution is 7.80. The number of hydrogen-bond acceptors (Lipinski definition) is 3. The van der Waals surface area contributed by atoms with Crippen molar-refractivity contribution in [3.8, 4) is 0 Å². The number of nitrogens with zero attached hydrogens (tertiary/aromatic N) is 2. The number of thiocarbonyl (C=S) groups is 1. The molecule has 5 heteroatoms. The molecule has 0 amide bonds. The Hall–Kier alpha value is -1.46. The zero-order chi connectivity index (χ0) is 15.8. The van der Waals surface area contributed by atoms with E-state index in [4.69, 9.17) is 12.2 Å². The smallest absolute Gasteiger partial charge is 0.170 e. The molecule has 2 atom stereocenters. The molecule has 0 radical (unpaired) electrons. The summed E-state index contributed by atoms with van der Waals surface area (Å²) in [5, 5.41) is 6.65. The third-order valence-corrected chi connectivity index (χ3v) is 6.44. The first kappa shape index (κ1) is 15.1. The Kier molecular flexibility index (Phi) is 4.07. The lowest BCUT2D eigenvalue weighted by Crippen LogP contribution is -2.37. The van der Waals surface area contributed by atoms with Crippen LogP contribution in [0.15, 0.2) is 35.8 Å². The van der Waals surface area contributed by atoms with Gasteiger partial charge in [0.1, 0.15) is 0 Å². The quantitative estimate of drug-likeness (QED) is 0.838. The highest BCUT2D eigenvalue weighted by Gasteiger charge is 2.44. The standard InChI is InChI=1S/C18H21N3S2/c1-12-9-11-23-17(12)16-15(14-8-4-5-10-19-14)20-18(22)21(16)13-6-2-3-7-13/h4-5,8-11,13,15-16H,2-3,6-7H2,1H3,(H,20,22)/t15-,16-/m1/s1. The molecule has 1 saturated heterocycles. The molecule has 2 aromatic rings. The van der Waals surface area contributed by atoms with Gasteiger partial charge in [-0.2, -0.15) is 0 Å². The Morgan fingerprint density at radius 1 is 1.26 bits per heavy atom. The average Bonchev–Trinajstić information content (AvgIpc) is 3.28. The van der Waals surface area contributed by atoms with Gasteiger partial charge in [0.15, 0.2) is 5.11 Å². The predicted molar refractivity (Wildman–Crippen MR) is 98.6 cm³/mol.